The van der Waals surface area contributed by atoms with Gasteiger partial charge in [-0.25, -0.2) is 15.0 Å². The van der Waals surface area contributed by atoms with Crippen LogP contribution in [0.25, 0.3) is 11.2 Å². The number of anilines is 1. The van der Waals surface area contributed by atoms with E-state index in [1.807, 2.05) is 6.92 Å². The number of H-pyrrole nitrogens is 1. The zero-order valence-corrected chi connectivity index (χ0v) is 27.6. The van der Waals surface area contributed by atoms with E-state index in [0.29, 0.717) is 25.3 Å². The summed E-state index contributed by atoms with van der Waals surface area (Å²) < 4.78 is 53.6. The molecule has 0 radical (unpaired) electrons. The Morgan fingerprint density at radius 1 is 1.23 bits per heavy atom. The van der Waals surface area contributed by atoms with Crippen LogP contribution in [-0.2, 0) is 32.2 Å². The summed E-state index contributed by atoms with van der Waals surface area (Å²) in [6.07, 6.45) is 0.878. The van der Waals surface area contributed by atoms with Crippen LogP contribution in [0.3, 0.4) is 0 Å². The number of aliphatic hydroxyl groups excluding tert-OH is 1. The molecule has 1 amide bonds. The van der Waals surface area contributed by atoms with Crippen molar-refractivity contribution >= 4 is 39.5 Å². The Hall–Kier alpha value is -3.12. The summed E-state index contributed by atoms with van der Waals surface area (Å²) in [5.74, 6) is 0.136. The van der Waals surface area contributed by atoms with Crippen molar-refractivity contribution in [2.45, 2.75) is 63.3 Å². The van der Waals surface area contributed by atoms with Crippen molar-refractivity contribution in [3.8, 4) is 5.88 Å². The SMILES string of the molecule is CNCCCC(=O)Nc1nc2c(ncn2[C@@H]2O[C@H](CO[PH](=O)O)[C@@H](O)[C@H]2O[PH](=O)OC[C@H]2C[C@@H](Oc3ccncn3)C[C@@H]2C)c(=O)[nH]1. The van der Waals surface area contributed by atoms with Gasteiger partial charge >= 0.3 is 16.5 Å². The fourth-order valence-corrected chi connectivity index (χ4v) is 6.80. The number of nitrogens with one attached hydrogen (secondary N) is 3. The van der Waals surface area contributed by atoms with Crippen LogP contribution in [0.4, 0.5) is 5.95 Å². The van der Waals surface area contributed by atoms with Gasteiger partial charge in [-0.2, -0.15) is 4.98 Å². The lowest BCUT2D eigenvalue weighted by Crippen LogP contribution is -2.34. The highest BCUT2D eigenvalue weighted by Gasteiger charge is 2.48. The number of amides is 1. The molecule has 2 fully saturated rings. The minimum atomic E-state index is -3.37. The molecule has 2 unspecified atom stereocenters. The molecule has 1 aliphatic carbocycles. The number of fused-ring (bicyclic) bond motifs is 1. The summed E-state index contributed by atoms with van der Waals surface area (Å²) in [4.78, 5) is 53.2. The molecule has 5 rings (SSSR count). The van der Waals surface area contributed by atoms with Gasteiger partial charge in [-0.3, -0.25) is 38.1 Å². The van der Waals surface area contributed by atoms with Gasteiger partial charge in [0, 0.05) is 18.7 Å². The number of ether oxygens (including phenoxy) is 2. The number of carbonyl (C=O) groups is 1. The molecule has 9 atom stereocenters. The van der Waals surface area contributed by atoms with Gasteiger partial charge in [0.15, 0.2) is 17.4 Å². The van der Waals surface area contributed by atoms with Crippen molar-refractivity contribution in [1.29, 1.82) is 0 Å². The molecule has 5 N–H and O–H groups in total. The summed E-state index contributed by atoms with van der Waals surface area (Å²) in [6, 6.07) is 1.67. The molecule has 0 spiro atoms. The van der Waals surface area contributed by atoms with Crippen molar-refractivity contribution in [3.63, 3.8) is 0 Å². The average molecular weight is 701 g/mol. The molecule has 1 aliphatic heterocycles. The van der Waals surface area contributed by atoms with Crippen molar-refractivity contribution in [3.05, 3.63) is 35.3 Å². The maximum atomic E-state index is 13.1. The van der Waals surface area contributed by atoms with Crippen LogP contribution >= 0.6 is 16.5 Å². The minimum Gasteiger partial charge on any atom is -0.474 e. The minimum absolute atomic E-state index is 0.00338. The summed E-state index contributed by atoms with van der Waals surface area (Å²) in [5.41, 5.74) is -0.788. The van der Waals surface area contributed by atoms with E-state index in [1.54, 1.807) is 19.3 Å². The largest absolute Gasteiger partial charge is 0.474 e. The van der Waals surface area contributed by atoms with Gasteiger partial charge in [0.2, 0.25) is 17.7 Å². The Morgan fingerprint density at radius 2 is 2.06 bits per heavy atom. The van der Waals surface area contributed by atoms with E-state index in [4.69, 9.17) is 23.0 Å². The summed E-state index contributed by atoms with van der Waals surface area (Å²) >= 11 is 0. The highest BCUT2D eigenvalue weighted by atomic mass is 31.1. The quantitative estimate of drug-likeness (QED) is 0.102. The second-order valence-electron chi connectivity index (χ2n) is 11.3. The number of rotatable bonds is 16. The lowest BCUT2D eigenvalue weighted by atomic mass is 10.00. The maximum absolute atomic E-state index is 13.1. The standard InChI is InChI=1S/C26H38N8O11P2/c1-14-8-16(43-19-5-7-28-12-29-19)9-15(14)10-42-47(40)45-22-21(36)17(11-41-46(38)39)44-25(22)34-13-30-20-23(34)32-26(33-24(20)37)31-18(35)4-3-6-27-2/h5,7,12-17,21-22,25,27,36,46-47H,3-4,6,8-11H2,1-2H3,(H,38,39)(H2,31,32,33,35,37)/t14-,15+,16-,17+,21+,22+,25+/m0/s1. The lowest BCUT2D eigenvalue weighted by Gasteiger charge is -2.22. The van der Waals surface area contributed by atoms with Gasteiger partial charge in [0.05, 0.1) is 19.5 Å². The second kappa shape index (κ2) is 16.3. The Labute approximate surface area is 269 Å². The van der Waals surface area contributed by atoms with Crippen LogP contribution in [0.1, 0.15) is 38.8 Å². The maximum Gasteiger partial charge on any atom is 0.319 e. The third kappa shape index (κ3) is 9.07. The molecule has 258 valence electrons. The Bertz CT molecular complexity index is 1610. The van der Waals surface area contributed by atoms with Crippen molar-refractivity contribution < 1.29 is 47.0 Å². The molecule has 1 saturated carbocycles. The number of aliphatic hydroxyl groups is 1. The fourth-order valence-electron chi connectivity index (χ4n) is 5.59. The Morgan fingerprint density at radius 3 is 2.81 bits per heavy atom. The Balaban J connectivity index is 1.29. The van der Waals surface area contributed by atoms with E-state index in [-0.39, 0.29) is 54.0 Å². The van der Waals surface area contributed by atoms with Gasteiger partial charge in [0.1, 0.15) is 30.7 Å². The number of nitrogens with zero attached hydrogens (tertiary/aromatic N) is 5. The molecule has 0 aromatic carbocycles. The highest BCUT2D eigenvalue weighted by Crippen LogP contribution is 2.42. The first-order valence-corrected chi connectivity index (χ1v) is 17.5. The number of hydrogen-bond donors (Lipinski definition) is 5. The molecule has 19 nitrogen and oxygen atoms in total. The summed E-state index contributed by atoms with van der Waals surface area (Å²) in [6.45, 7) is 2.26. The van der Waals surface area contributed by atoms with Gasteiger partial charge < -0.3 is 33.8 Å². The van der Waals surface area contributed by atoms with Crippen LogP contribution in [0, 0.1) is 11.8 Å². The highest BCUT2D eigenvalue weighted by molar-refractivity contribution is 7.33. The predicted octanol–water partition coefficient (Wildman–Crippen LogP) is 0.790. The van der Waals surface area contributed by atoms with Crippen LogP contribution in [-0.4, -0.2) is 96.6 Å². The zero-order chi connectivity index (χ0) is 33.5. The van der Waals surface area contributed by atoms with Gasteiger partial charge in [-0.1, -0.05) is 6.92 Å². The van der Waals surface area contributed by atoms with Gasteiger partial charge in [-0.15, -0.1) is 0 Å². The van der Waals surface area contributed by atoms with Crippen LogP contribution < -0.4 is 20.9 Å². The smallest absolute Gasteiger partial charge is 0.319 e. The first-order chi connectivity index (χ1) is 22.6. The number of aromatic amines is 1. The molecule has 1 saturated heterocycles. The number of imidazole rings is 1. The molecule has 3 aromatic heterocycles. The molecular formula is C26H38N8O11P2. The van der Waals surface area contributed by atoms with Crippen LogP contribution in [0.2, 0.25) is 0 Å². The molecule has 47 heavy (non-hydrogen) atoms. The summed E-state index contributed by atoms with van der Waals surface area (Å²) in [7, 11) is -4.85. The van der Waals surface area contributed by atoms with E-state index in [1.165, 1.54) is 17.2 Å². The van der Waals surface area contributed by atoms with Gasteiger partial charge in [-0.05, 0) is 44.7 Å². The average Bonchev–Trinajstić information content (AvgIpc) is 3.70. The third-order valence-electron chi connectivity index (χ3n) is 7.97. The van der Waals surface area contributed by atoms with E-state index < -0.39 is 53.2 Å². The van der Waals surface area contributed by atoms with E-state index >= 15 is 0 Å². The van der Waals surface area contributed by atoms with Crippen molar-refractivity contribution in [2.24, 2.45) is 11.8 Å². The second-order valence-corrected chi connectivity index (χ2v) is 13.1. The third-order valence-corrected chi connectivity index (χ3v) is 9.25. The fraction of sp³-hybridized carbons (Fsp3) is 0.615. The van der Waals surface area contributed by atoms with Crippen LogP contribution in [0.15, 0.2) is 29.7 Å². The zero-order valence-electron chi connectivity index (χ0n) is 25.6. The van der Waals surface area contributed by atoms with Gasteiger partial charge in [0.25, 0.3) is 5.56 Å². The number of aromatic nitrogens is 6. The molecule has 2 aliphatic rings. The topological polar surface area (TPSA) is 251 Å². The molecule has 3 aromatic rings. The van der Waals surface area contributed by atoms with E-state index in [2.05, 4.69) is 35.6 Å². The van der Waals surface area contributed by atoms with Crippen LogP contribution in [0.5, 0.6) is 5.88 Å². The summed E-state index contributed by atoms with van der Waals surface area (Å²) in [5, 5.41) is 16.6. The molecule has 0 bridgehead atoms. The Kier molecular flexibility index (Phi) is 12.2. The lowest BCUT2D eigenvalue weighted by molar-refractivity contribution is -0.116. The van der Waals surface area contributed by atoms with E-state index in [9.17, 15) is 28.7 Å². The number of carbonyl (C=O) groups excluding carboxylic acids is 1. The molecule has 4 heterocycles. The first kappa shape index (κ1) is 35.2. The first-order valence-electron chi connectivity index (χ1n) is 15.0. The van der Waals surface area contributed by atoms with Crippen molar-refractivity contribution in [2.75, 3.05) is 32.1 Å². The number of hydrogen-bond acceptors (Lipinski definition) is 15. The van der Waals surface area contributed by atoms with Crippen molar-refractivity contribution in [1.82, 2.24) is 34.8 Å². The van der Waals surface area contributed by atoms with E-state index in [0.717, 1.165) is 6.42 Å². The monoisotopic (exact) mass is 700 g/mol. The molecule has 21 heteroatoms. The normalized spacial score (nSPS) is 27.2. The predicted molar refractivity (Wildman–Crippen MR) is 165 cm³/mol. The molecular weight excluding hydrogens is 662 g/mol.